The van der Waals surface area contributed by atoms with Gasteiger partial charge in [-0.25, -0.2) is 0 Å². The van der Waals surface area contributed by atoms with Gasteiger partial charge in [0.25, 0.3) is 0 Å². The van der Waals surface area contributed by atoms with E-state index >= 15 is 0 Å². The normalized spacial score (nSPS) is 10.3. The number of carbonyl (C=O) groups is 1. The second kappa shape index (κ2) is 7.39. The summed E-state index contributed by atoms with van der Waals surface area (Å²) in [4.78, 5) is 24.2. The standard InChI is InChI=1S/C15H19N5O3/c1-3-18(4-2)13-7-5-12(6-8-13)17-15(21)11-19-10-14(9-16-19)20(22)23/h5-10H,3-4,11H2,1-2H3,(H,17,21). The number of hydrogen-bond donors (Lipinski definition) is 1. The minimum absolute atomic E-state index is 0.0777. The van der Waals surface area contributed by atoms with Crippen molar-refractivity contribution in [2.45, 2.75) is 20.4 Å². The molecule has 1 heterocycles. The number of benzene rings is 1. The molecule has 1 aromatic carbocycles. The van der Waals surface area contributed by atoms with Crippen molar-refractivity contribution in [1.29, 1.82) is 0 Å². The average molecular weight is 317 g/mol. The maximum Gasteiger partial charge on any atom is 0.307 e. The number of nitro groups is 1. The van der Waals surface area contributed by atoms with Crippen molar-refractivity contribution < 1.29 is 9.72 Å². The van der Waals surface area contributed by atoms with E-state index in [9.17, 15) is 14.9 Å². The molecular weight excluding hydrogens is 298 g/mol. The van der Waals surface area contributed by atoms with Gasteiger partial charge in [0.05, 0.1) is 4.92 Å². The summed E-state index contributed by atoms with van der Waals surface area (Å²) in [6.07, 6.45) is 2.34. The van der Waals surface area contributed by atoms with E-state index < -0.39 is 4.92 Å². The van der Waals surface area contributed by atoms with Crippen LogP contribution in [0.2, 0.25) is 0 Å². The molecule has 1 amide bonds. The van der Waals surface area contributed by atoms with Gasteiger partial charge < -0.3 is 10.2 Å². The molecule has 0 aliphatic heterocycles. The Hall–Kier alpha value is -2.90. The number of amides is 1. The van der Waals surface area contributed by atoms with Crippen LogP contribution in [0.3, 0.4) is 0 Å². The van der Waals surface area contributed by atoms with Gasteiger partial charge in [0, 0.05) is 24.5 Å². The van der Waals surface area contributed by atoms with Crippen LogP contribution in [0.1, 0.15) is 13.8 Å². The summed E-state index contributed by atoms with van der Waals surface area (Å²) in [6.45, 7) is 5.93. The van der Waals surface area contributed by atoms with Crippen LogP contribution in [0.4, 0.5) is 17.1 Å². The van der Waals surface area contributed by atoms with Crippen LogP contribution in [-0.4, -0.2) is 33.7 Å². The second-order valence-corrected chi connectivity index (χ2v) is 4.92. The number of aromatic nitrogens is 2. The third kappa shape index (κ3) is 4.29. The van der Waals surface area contributed by atoms with Gasteiger partial charge in [0.2, 0.25) is 5.91 Å². The zero-order valence-electron chi connectivity index (χ0n) is 13.1. The summed E-state index contributed by atoms with van der Waals surface area (Å²) >= 11 is 0. The Kier molecular flexibility index (Phi) is 5.29. The molecule has 1 N–H and O–H groups in total. The van der Waals surface area contributed by atoms with Crippen LogP contribution in [0.5, 0.6) is 0 Å². The summed E-state index contributed by atoms with van der Waals surface area (Å²) < 4.78 is 1.23. The number of hydrogen-bond acceptors (Lipinski definition) is 5. The third-order valence-corrected chi connectivity index (χ3v) is 3.42. The minimum atomic E-state index is -0.548. The SMILES string of the molecule is CCN(CC)c1ccc(NC(=O)Cn2cc([N+](=O)[O-])cn2)cc1. The molecular formula is C15H19N5O3. The lowest BCUT2D eigenvalue weighted by Crippen LogP contribution is -2.22. The lowest BCUT2D eigenvalue weighted by atomic mass is 10.2. The maximum atomic E-state index is 11.9. The van der Waals surface area contributed by atoms with Crippen molar-refractivity contribution in [3.8, 4) is 0 Å². The molecule has 0 spiro atoms. The van der Waals surface area contributed by atoms with E-state index in [0.717, 1.165) is 25.0 Å². The third-order valence-electron chi connectivity index (χ3n) is 3.42. The summed E-state index contributed by atoms with van der Waals surface area (Å²) in [5, 5.41) is 17.1. The molecule has 0 unspecified atom stereocenters. The lowest BCUT2D eigenvalue weighted by Gasteiger charge is -2.21. The molecule has 122 valence electrons. The molecule has 0 aliphatic carbocycles. The molecule has 8 nitrogen and oxygen atoms in total. The van der Waals surface area contributed by atoms with Crippen molar-refractivity contribution in [3.05, 3.63) is 46.8 Å². The van der Waals surface area contributed by atoms with Crippen molar-refractivity contribution in [1.82, 2.24) is 9.78 Å². The van der Waals surface area contributed by atoms with E-state index in [1.54, 1.807) is 0 Å². The highest BCUT2D eigenvalue weighted by atomic mass is 16.6. The molecule has 0 fully saturated rings. The summed E-state index contributed by atoms with van der Waals surface area (Å²) in [7, 11) is 0. The Labute approximate surface area is 133 Å². The highest BCUT2D eigenvalue weighted by molar-refractivity contribution is 5.90. The van der Waals surface area contributed by atoms with Crippen LogP contribution in [0.25, 0.3) is 0 Å². The average Bonchev–Trinajstić information content (AvgIpc) is 2.99. The molecule has 8 heteroatoms. The Morgan fingerprint density at radius 2 is 1.96 bits per heavy atom. The van der Waals surface area contributed by atoms with Crippen molar-refractivity contribution in [3.63, 3.8) is 0 Å². The predicted octanol–water partition coefficient (Wildman–Crippen LogP) is 2.28. The predicted molar refractivity (Wildman–Crippen MR) is 87.5 cm³/mol. The minimum Gasteiger partial charge on any atom is -0.372 e. The molecule has 2 aromatic rings. The van der Waals surface area contributed by atoms with Crippen molar-refractivity contribution >= 4 is 23.0 Å². The highest BCUT2D eigenvalue weighted by Gasteiger charge is 2.11. The Balaban J connectivity index is 1.95. The maximum absolute atomic E-state index is 11.9. The van der Waals surface area contributed by atoms with Crippen LogP contribution >= 0.6 is 0 Å². The van der Waals surface area contributed by atoms with Crippen LogP contribution < -0.4 is 10.2 Å². The second-order valence-electron chi connectivity index (χ2n) is 4.92. The largest absolute Gasteiger partial charge is 0.372 e. The Morgan fingerprint density at radius 1 is 1.30 bits per heavy atom. The smallest absolute Gasteiger partial charge is 0.307 e. The van der Waals surface area contributed by atoms with Gasteiger partial charge in [-0.15, -0.1) is 0 Å². The highest BCUT2D eigenvalue weighted by Crippen LogP contribution is 2.17. The fourth-order valence-electron chi connectivity index (χ4n) is 2.23. The molecule has 23 heavy (non-hydrogen) atoms. The first kappa shape index (κ1) is 16.5. The zero-order valence-corrected chi connectivity index (χ0v) is 13.1. The van der Waals surface area contributed by atoms with Gasteiger partial charge in [-0.2, -0.15) is 5.10 Å². The van der Waals surface area contributed by atoms with Gasteiger partial charge >= 0.3 is 5.69 Å². The Bertz CT molecular complexity index is 677. The molecule has 0 saturated heterocycles. The fraction of sp³-hybridized carbons (Fsp3) is 0.333. The molecule has 0 aliphatic rings. The lowest BCUT2D eigenvalue weighted by molar-refractivity contribution is -0.385. The number of rotatable bonds is 7. The molecule has 0 radical (unpaired) electrons. The Morgan fingerprint density at radius 3 is 2.48 bits per heavy atom. The van der Waals surface area contributed by atoms with E-state index in [1.165, 1.54) is 10.9 Å². The number of nitrogens with zero attached hydrogens (tertiary/aromatic N) is 4. The van der Waals surface area contributed by atoms with E-state index in [4.69, 9.17) is 0 Å². The monoisotopic (exact) mass is 317 g/mol. The first-order chi connectivity index (χ1) is 11.0. The van der Waals surface area contributed by atoms with Crippen molar-refractivity contribution in [2.24, 2.45) is 0 Å². The van der Waals surface area contributed by atoms with Crippen molar-refractivity contribution in [2.75, 3.05) is 23.3 Å². The quantitative estimate of drug-likeness (QED) is 0.624. The topological polar surface area (TPSA) is 93.3 Å². The van der Waals surface area contributed by atoms with E-state index in [0.29, 0.717) is 5.69 Å². The number of nitrogens with one attached hydrogen (secondary N) is 1. The van der Waals surface area contributed by atoms with Gasteiger partial charge in [-0.3, -0.25) is 19.6 Å². The summed E-state index contributed by atoms with van der Waals surface area (Å²) in [6, 6.07) is 7.55. The van der Waals surface area contributed by atoms with Crippen LogP contribution in [0, 0.1) is 10.1 Å². The first-order valence-electron chi connectivity index (χ1n) is 7.35. The molecule has 0 bridgehead atoms. The van der Waals surface area contributed by atoms with Gasteiger partial charge in [0.1, 0.15) is 18.9 Å². The van der Waals surface area contributed by atoms with Crippen LogP contribution in [0.15, 0.2) is 36.7 Å². The zero-order chi connectivity index (χ0) is 16.8. The summed E-state index contributed by atoms with van der Waals surface area (Å²) in [5.41, 5.74) is 1.63. The molecule has 1 aromatic heterocycles. The number of carbonyl (C=O) groups excluding carboxylic acids is 1. The van der Waals surface area contributed by atoms with Gasteiger partial charge in [-0.05, 0) is 38.1 Å². The van der Waals surface area contributed by atoms with E-state index in [2.05, 4.69) is 29.2 Å². The van der Waals surface area contributed by atoms with Gasteiger partial charge in [-0.1, -0.05) is 0 Å². The summed E-state index contributed by atoms with van der Waals surface area (Å²) in [5.74, 6) is -0.293. The molecule has 0 saturated carbocycles. The van der Waals surface area contributed by atoms with E-state index in [1.807, 2.05) is 24.3 Å². The molecule has 0 atom stereocenters. The van der Waals surface area contributed by atoms with Crippen LogP contribution in [-0.2, 0) is 11.3 Å². The first-order valence-corrected chi connectivity index (χ1v) is 7.35. The van der Waals surface area contributed by atoms with Gasteiger partial charge in [0.15, 0.2) is 0 Å². The number of anilines is 2. The molecule has 2 rings (SSSR count). The fourth-order valence-corrected chi connectivity index (χ4v) is 2.23. The van der Waals surface area contributed by atoms with E-state index in [-0.39, 0.29) is 18.1 Å².